The highest BCUT2D eigenvalue weighted by Gasteiger charge is 2.26. The lowest BCUT2D eigenvalue weighted by atomic mass is 9.99. The predicted octanol–water partition coefficient (Wildman–Crippen LogP) is 3.61. The van der Waals surface area contributed by atoms with Crippen molar-refractivity contribution in [3.63, 3.8) is 0 Å². The smallest absolute Gasteiger partial charge is 0.0603 e. The van der Waals surface area contributed by atoms with E-state index in [0.717, 1.165) is 33.6 Å². The molecule has 0 bridgehead atoms. The van der Waals surface area contributed by atoms with Gasteiger partial charge < -0.3 is 21.3 Å². The lowest BCUT2D eigenvalue weighted by Crippen LogP contribution is -2.49. The minimum absolute atomic E-state index is 0.161. The Labute approximate surface area is 168 Å². The third-order valence-corrected chi connectivity index (χ3v) is 6.91. The van der Waals surface area contributed by atoms with Gasteiger partial charge in [0.2, 0.25) is 0 Å². The molecule has 4 N–H and O–H groups in total. The molecule has 0 spiro atoms. The minimum atomic E-state index is 0.161. The normalized spacial score (nSPS) is 22.2. The molecule has 140 valence electrons. The maximum atomic E-state index is 6.44. The van der Waals surface area contributed by atoms with Crippen molar-refractivity contribution in [3.05, 3.63) is 26.6 Å². The molecule has 4 nitrogen and oxygen atoms in total. The van der Waals surface area contributed by atoms with Gasteiger partial charge in [0.1, 0.15) is 0 Å². The highest BCUT2D eigenvalue weighted by Crippen LogP contribution is 2.30. The summed E-state index contributed by atoms with van der Waals surface area (Å²) in [4.78, 5) is 5.27. The molecule has 0 aromatic heterocycles. The van der Waals surface area contributed by atoms with Gasteiger partial charge in [0.15, 0.2) is 0 Å². The van der Waals surface area contributed by atoms with E-state index in [1.165, 1.54) is 63.8 Å². The molecule has 1 atom stereocenters. The maximum absolute atomic E-state index is 6.44. The van der Waals surface area contributed by atoms with Crippen molar-refractivity contribution >= 4 is 37.5 Å². The Balaban J connectivity index is 1.45. The van der Waals surface area contributed by atoms with Gasteiger partial charge in [-0.15, -0.1) is 0 Å². The molecular formula is C19H30Br2N4. The van der Waals surface area contributed by atoms with Crippen molar-refractivity contribution in [3.8, 4) is 0 Å². The fourth-order valence-corrected chi connectivity index (χ4v) is 5.49. The van der Waals surface area contributed by atoms with Crippen molar-refractivity contribution in [2.75, 3.05) is 38.5 Å². The first-order chi connectivity index (χ1) is 12.0. The number of hydrogen-bond donors (Lipinski definition) is 2. The zero-order chi connectivity index (χ0) is 17.8. The predicted molar refractivity (Wildman–Crippen MR) is 113 cm³/mol. The van der Waals surface area contributed by atoms with Gasteiger partial charge in [-0.25, -0.2) is 0 Å². The van der Waals surface area contributed by atoms with Crippen LogP contribution in [-0.2, 0) is 6.42 Å². The number of likely N-dealkylation sites (tertiary alicyclic amines) is 2. The SMILES string of the molecule is Nc1c(Br)cc(C[C@@H](N)CN2CCC(N3CCCCC3)CC2)cc1Br. The maximum Gasteiger partial charge on any atom is 0.0603 e. The molecule has 2 fully saturated rings. The standard InChI is InChI=1S/C19H30Br2N4/c20-17-11-14(12-18(21)19(17)23)10-15(22)13-24-8-4-16(5-9-24)25-6-2-1-3-7-25/h11-12,15-16H,1-10,13,22-23H2/t15-/m1/s1. The molecule has 0 saturated carbocycles. The number of nitrogens with two attached hydrogens (primary N) is 2. The van der Waals surface area contributed by atoms with Gasteiger partial charge in [-0.2, -0.15) is 0 Å². The van der Waals surface area contributed by atoms with Gasteiger partial charge in [0, 0.05) is 27.6 Å². The lowest BCUT2D eigenvalue weighted by Gasteiger charge is -2.40. The molecule has 2 aliphatic rings. The summed E-state index contributed by atoms with van der Waals surface area (Å²) in [5, 5.41) is 0. The average Bonchev–Trinajstić information content (AvgIpc) is 2.61. The number of nitrogens with zero attached hydrogens (tertiary/aromatic N) is 2. The van der Waals surface area contributed by atoms with Crippen LogP contribution in [0.1, 0.15) is 37.7 Å². The Bertz CT molecular complexity index is 544. The molecule has 1 aromatic carbocycles. The van der Waals surface area contributed by atoms with Gasteiger partial charge in [-0.1, -0.05) is 6.42 Å². The highest BCUT2D eigenvalue weighted by molar-refractivity contribution is 9.11. The fourth-order valence-electron chi connectivity index (χ4n) is 4.20. The Kier molecular flexibility index (Phi) is 7.20. The van der Waals surface area contributed by atoms with Gasteiger partial charge >= 0.3 is 0 Å². The van der Waals surface area contributed by atoms with Crippen molar-refractivity contribution in [2.45, 2.75) is 50.6 Å². The molecule has 0 unspecified atom stereocenters. The summed E-state index contributed by atoms with van der Waals surface area (Å²) in [6.45, 7) is 5.97. The molecule has 0 radical (unpaired) electrons. The molecular weight excluding hydrogens is 444 g/mol. The van der Waals surface area contributed by atoms with Crippen LogP contribution in [0.5, 0.6) is 0 Å². The van der Waals surface area contributed by atoms with E-state index in [1.807, 2.05) is 0 Å². The Morgan fingerprint density at radius 3 is 2.20 bits per heavy atom. The number of nitrogen functional groups attached to an aromatic ring is 1. The monoisotopic (exact) mass is 472 g/mol. The van der Waals surface area contributed by atoms with E-state index in [2.05, 4.69) is 53.8 Å². The zero-order valence-electron chi connectivity index (χ0n) is 14.9. The average molecular weight is 474 g/mol. The molecule has 0 aliphatic carbocycles. The van der Waals surface area contributed by atoms with Crippen molar-refractivity contribution in [1.29, 1.82) is 0 Å². The van der Waals surface area contributed by atoms with Gasteiger partial charge in [-0.05, 0) is 108 Å². The van der Waals surface area contributed by atoms with Crippen molar-refractivity contribution < 1.29 is 0 Å². The van der Waals surface area contributed by atoms with Crippen molar-refractivity contribution in [2.24, 2.45) is 5.73 Å². The zero-order valence-corrected chi connectivity index (χ0v) is 18.1. The largest absolute Gasteiger partial charge is 0.397 e. The number of rotatable bonds is 5. The molecule has 2 saturated heterocycles. The number of hydrogen-bond acceptors (Lipinski definition) is 4. The Morgan fingerprint density at radius 1 is 1.00 bits per heavy atom. The van der Waals surface area contributed by atoms with E-state index >= 15 is 0 Å². The summed E-state index contributed by atoms with van der Waals surface area (Å²) < 4.78 is 1.87. The van der Waals surface area contributed by atoms with Crippen LogP contribution < -0.4 is 11.5 Å². The van der Waals surface area contributed by atoms with E-state index in [9.17, 15) is 0 Å². The second-order valence-electron chi connectivity index (χ2n) is 7.57. The van der Waals surface area contributed by atoms with Gasteiger partial charge in [0.05, 0.1) is 5.69 Å². The molecule has 2 aliphatic heterocycles. The van der Waals surface area contributed by atoms with E-state index in [1.54, 1.807) is 0 Å². The van der Waals surface area contributed by atoms with Gasteiger partial charge in [-0.3, -0.25) is 0 Å². The summed E-state index contributed by atoms with van der Waals surface area (Å²) in [7, 11) is 0. The van der Waals surface area contributed by atoms with Crippen LogP contribution in [0.2, 0.25) is 0 Å². The lowest BCUT2D eigenvalue weighted by molar-refractivity contribution is 0.0900. The topological polar surface area (TPSA) is 58.5 Å². The van der Waals surface area contributed by atoms with Crippen LogP contribution in [0.4, 0.5) is 5.69 Å². The third kappa shape index (κ3) is 5.42. The Hall–Kier alpha value is -0.140. The van der Waals surface area contributed by atoms with E-state index in [-0.39, 0.29) is 6.04 Å². The number of benzene rings is 1. The fraction of sp³-hybridized carbons (Fsp3) is 0.684. The van der Waals surface area contributed by atoms with E-state index in [4.69, 9.17) is 11.5 Å². The van der Waals surface area contributed by atoms with Crippen LogP contribution in [0.15, 0.2) is 21.1 Å². The van der Waals surface area contributed by atoms with Crippen LogP contribution in [0.3, 0.4) is 0 Å². The van der Waals surface area contributed by atoms with Crippen LogP contribution in [0, 0.1) is 0 Å². The number of anilines is 1. The number of piperidine rings is 2. The summed E-state index contributed by atoms with van der Waals surface area (Å²) in [6, 6.07) is 5.14. The molecule has 0 amide bonds. The van der Waals surface area contributed by atoms with E-state index < -0.39 is 0 Å². The van der Waals surface area contributed by atoms with Crippen LogP contribution in [-0.4, -0.2) is 54.6 Å². The minimum Gasteiger partial charge on any atom is -0.397 e. The second kappa shape index (κ2) is 9.18. The number of halogens is 2. The van der Waals surface area contributed by atoms with E-state index in [0.29, 0.717) is 0 Å². The van der Waals surface area contributed by atoms with Crippen LogP contribution in [0.25, 0.3) is 0 Å². The summed E-state index contributed by atoms with van der Waals surface area (Å²) >= 11 is 7.04. The highest BCUT2D eigenvalue weighted by atomic mass is 79.9. The Morgan fingerprint density at radius 2 is 1.60 bits per heavy atom. The quantitative estimate of drug-likeness (QED) is 0.641. The van der Waals surface area contributed by atoms with Gasteiger partial charge in [0.25, 0.3) is 0 Å². The summed E-state index contributed by atoms with van der Waals surface area (Å²) in [5.74, 6) is 0. The van der Waals surface area contributed by atoms with Crippen molar-refractivity contribution in [1.82, 2.24) is 9.80 Å². The first-order valence-electron chi connectivity index (χ1n) is 9.48. The molecule has 1 aromatic rings. The molecule has 6 heteroatoms. The second-order valence-corrected chi connectivity index (χ2v) is 9.27. The molecule has 3 rings (SSSR count). The molecule has 2 heterocycles. The van der Waals surface area contributed by atoms with Crippen LogP contribution >= 0.6 is 31.9 Å². The third-order valence-electron chi connectivity index (χ3n) is 5.59. The first-order valence-corrected chi connectivity index (χ1v) is 11.1. The summed E-state index contributed by atoms with van der Waals surface area (Å²) in [5.41, 5.74) is 14.4. The summed E-state index contributed by atoms with van der Waals surface area (Å²) in [6.07, 6.45) is 7.66. The first kappa shape index (κ1) is 19.6. The molecule has 25 heavy (non-hydrogen) atoms.